The minimum Gasteiger partial charge on any atom is -0.481 e. The maximum absolute atomic E-state index is 11.7. The number of rotatable bonds is 4. The van der Waals surface area contributed by atoms with Crippen LogP contribution in [-0.2, 0) is 16.8 Å². The normalized spacial score (nSPS) is 17.9. The van der Waals surface area contributed by atoms with Crippen LogP contribution in [0.4, 0.5) is 0 Å². The van der Waals surface area contributed by atoms with Crippen LogP contribution < -0.4 is 0 Å². The van der Waals surface area contributed by atoms with Gasteiger partial charge in [0.2, 0.25) is 0 Å². The highest BCUT2D eigenvalue weighted by molar-refractivity contribution is 9.10. The number of carboxylic acid groups (broad SMARTS) is 1. The number of carbonyl (C=O) groups is 1. The molecule has 1 aliphatic rings. The second kappa shape index (κ2) is 5.63. The number of aliphatic carboxylic acids is 1. The predicted octanol–water partition coefficient (Wildman–Crippen LogP) is 3.41. The van der Waals surface area contributed by atoms with Crippen LogP contribution >= 0.6 is 15.9 Å². The second-order valence-electron chi connectivity index (χ2n) is 5.64. The monoisotopic (exact) mass is 325 g/mol. The molecule has 0 aliphatic heterocycles. The van der Waals surface area contributed by atoms with E-state index in [1.54, 1.807) is 0 Å². The smallest absolute Gasteiger partial charge is 0.314 e. The minimum absolute atomic E-state index is 0.667. The van der Waals surface area contributed by atoms with Gasteiger partial charge in [0.05, 0.1) is 5.41 Å². The van der Waals surface area contributed by atoms with Crippen molar-refractivity contribution in [3.8, 4) is 0 Å². The fourth-order valence-corrected chi connectivity index (χ4v) is 3.42. The summed E-state index contributed by atoms with van der Waals surface area (Å²) >= 11 is 3.58. The van der Waals surface area contributed by atoms with Gasteiger partial charge in [0.1, 0.15) is 0 Å². The predicted molar refractivity (Wildman–Crippen MR) is 79.3 cm³/mol. The van der Waals surface area contributed by atoms with Crippen molar-refractivity contribution >= 4 is 21.9 Å². The largest absolute Gasteiger partial charge is 0.481 e. The molecule has 1 aromatic carbocycles. The van der Waals surface area contributed by atoms with E-state index < -0.39 is 11.4 Å². The molecule has 3 nitrogen and oxygen atoms in total. The SMILES string of the molecule is CN(C)Cc1ccc(C2(C(=O)O)CCCC2)cc1Br. The molecule has 0 saturated heterocycles. The summed E-state index contributed by atoms with van der Waals surface area (Å²) in [4.78, 5) is 13.8. The van der Waals surface area contributed by atoms with Crippen LogP contribution in [0.5, 0.6) is 0 Å². The molecule has 4 heteroatoms. The van der Waals surface area contributed by atoms with Gasteiger partial charge in [-0.25, -0.2) is 0 Å². The van der Waals surface area contributed by atoms with Gasteiger partial charge in [0, 0.05) is 11.0 Å². The molecule has 1 aliphatic carbocycles. The van der Waals surface area contributed by atoms with Crippen molar-refractivity contribution in [3.05, 3.63) is 33.8 Å². The molecule has 0 heterocycles. The highest BCUT2D eigenvalue weighted by Crippen LogP contribution is 2.42. The van der Waals surface area contributed by atoms with Gasteiger partial charge in [0.15, 0.2) is 0 Å². The van der Waals surface area contributed by atoms with Gasteiger partial charge in [-0.2, -0.15) is 0 Å². The third-order valence-corrected chi connectivity index (χ3v) is 4.70. The molecule has 0 unspecified atom stereocenters. The van der Waals surface area contributed by atoms with Crippen molar-refractivity contribution < 1.29 is 9.90 Å². The van der Waals surface area contributed by atoms with Gasteiger partial charge < -0.3 is 10.0 Å². The fraction of sp³-hybridized carbons (Fsp3) is 0.533. The number of nitrogens with zero attached hydrogens (tertiary/aromatic N) is 1. The van der Waals surface area contributed by atoms with Gasteiger partial charge in [-0.15, -0.1) is 0 Å². The molecule has 1 fully saturated rings. The van der Waals surface area contributed by atoms with Crippen LogP contribution in [-0.4, -0.2) is 30.1 Å². The van der Waals surface area contributed by atoms with E-state index in [9.17, 15) is 9.90 Å². The van der Waals surface area contributed by atoms with Gasteiger partial charge in [0.25, 0.3) is 0 Å². The Morgan fingerprint density at radius 1 is 1.37 bits per heavy atom. The average Bonchev–Trinajstić information content (AvgIpc) is 2.81. The van der Waals surface area contributed by atoms with Crippen LogP contribution in [0.15, 0.2) is 22.7 Å². The minimum atomic E-state index is -0.683. The zero-order valence-electron chi connectivity index (χ0n) is 11.4. The summed E-state index contributed by atoms with van der Waals surface area (Å²) in [5, 5.41) is 9.60. The number of hydrogen-bond acceptors (Lipinski definition) is 2. The molecule has 0 atom stereocenters. The van der Waals surface area contributed by atoms with E-state index in [1.165, 1.54) is 5.56 Å². The van der Waals surface area contributed by atoms with Crippen molar-refractivity contribution in [2.45, 2.75) is 37.6 Å². The first-order valence-corrected chi connectivity index (χ1v) is 7.42. The Hall–Kier alpha value is -0.870. The van der Waals surface area contributed by atoms with Crippen LogP contribution in [0.1, 0.15) is 36.8 Å². The summed E-state index contributed by atoms with van der Waals surface area (Å²) in [6.45, 7) is 0.848. The second-order valence-corrected chi connectivity index (χ2v) is 6.49. The van der Waals surface area contributed by atoms with Crippen LogP contribution in [0.3, 0.4) is 0 Å². The zero-order valence-corrected chi connectivity index (χ0v) is 13.0. The molecular formula is C15H20BrNO2. The van der Waals surface area contributed by atoms with Crippen molar-refractivity contribution in [2.75, 3.05) is 14.1 Å². The lowest BCUT2D eigenvalue weighted by Gasteiger charge is -2.25. The molecule has 1 saturated carbocycles. The van der Waals surface area contributed by atoms with E-state index in [0.717, 1.165) is 42.3 Å². The standard InChI is InChI=1S/C15H20BrNO2/c1-17(2)10-11-5-6-12(9-13(11)16)15(14(18)19)7-3-4-8-15/h5-6,9H,3-4,7-8,10H2,1-2H3,(H,18,19). The van der Waals surface area contributed by atoms with Crippen molar-refractivity contribution in [1.29, 1.82) is 0 Å². The van der Waals surface area contributed by atoms with Crippen molar-refractivity contribution in [1.82, 2.24) is 4.90 Å². The topological polar surface area (TPSA) is 40.5 Å². The first-order chi connectivity index (χ1) is 8.95. The van der Waals surface area contributed by atoms with Crippen LogP contribution in [0, 0.1) is 0 Å². The molecule has 1 N–H and O–H groups in total. The average molecular weight is 326 g/mol. The van der Waals surface area contributed by atoms with Crippen LogP contribution in [0.25, 0.3) is 0 Å². The van der Waals surface area contributed by atoms with E-state index in [-0.39, 0.29) is 0 Å². The Labute approximate surface area is 122 Å². The summed E-state index contributed by atoms with van der Waals surface area (Å²) in [7, 11) is 4.05. The molecule has 104 valence electrons. The molecule has 0 spiro atoms. The first-order valence-electron chi connectivity index (χ1n) is 6.63. The molecular weight excluding hydrogens is 306 g/mol. The van der Waals surface area contributed by atoms with Gasteiger partial charge >= 0.3 is 5.97 Å². The van der Waals surface area contributed by atoms with Gasteiger partial charge in [-0.05, 0) is 44.1 Å². The summed E-state index contributed by atoms with van der Waals surface area (Å²) < 4.78 is 1.01. The Balaban J connectivity index is 2.35. The number of carboxylic acids is 1. The van der Waals surface area contributed by atoms with Crippen LogP contribution in [0.2, 0.25) is 0 Å². The molecule has 2 rings (SSSR count). The summed E-state index contributed by atoms with van der Waals surface area (Å²) in [6, 6.07) is 6.03. The third kappa shape index (κ3) is 2.84. The van der Waals surface area contributed by atoms with E-state index in [1.807, 2.05) is 32.3 Å². The summed E-state index contributed by atoms with van der Waals surface area (Å²) in [5.74, 6) is -0.683. The van der Waals surface area contributed by atoms with E-state index >= 15 is 0 Å². The number of halogens is 1. The number of hydrogen-bond donors (Lipinski definition) is 1. The van der Waals surface area contributed by atoms with E-state index in [2.05, 4.69) is 20.8 Å². The van der Waals surface area contributed by atoms with Crippen molar-refractivity contribution in [3.63, 3.8) is 0 Å². The lowest BCUT2D eigenvalue weighted by molar-refractivity contribution is -0.143. The lowest BCUT2D eigenvalue weighted by Crippen LogP contribution is -2.32. The highest BCUT2D eigenvalue weighted by Gasteiger charge is 2.42. The maximum Gasteiger partial charge on any atom is 0.314 e. The lowest BCUT2D eigenvalue weighted by atomic mass is 9.79. The summed E-state index contributed by atoms with van der Waals surface area (Å²) in [5.41, 5.74) is 1.46. The molecule has 19 heavy (non-hydrogen) atoms. The molecule has 1 aromatic rings. The fourth-order valence-electron chi connectivity index (χ4n) is 2.92. The Morgan fingerprint density at radius 2 is 2.00 bits per heavy atom. The third-order valence-electron chi connectivity index (χ3n) is 3.96. The Kier molecular flexibility index (Phi) is 4.31. The molecule has 0 bridgehead atoms. The maximum atomic E-state index is 11.7. The Morgan fingerprint density at radius 3 is 2.47 bits per heavy atom. The zero-order chi connectivity index (χ0) is 14.0. The quantitative estimate of drug-likeness (QED) is 0.922. The van der Waals surface area contributed by atoms with E-state index in [4.69, 9.17) is 0 Å². The molecule has 0 aromatic heterocycles. The first kappa shape index (κ1) is 14.5. The Bertz CT molecular complexity index is 479. The molecule has 0 radical (unpaired) electrons. The highest BCUT2D eigenvalue weighted by atomic mass is 79.9. The molecule has 0 amide bonds. The van der Waals surface area contributed by atoms with Gasteiger partial charge in [-0.1, -0.05) is 40.9 Å². The van der Waals surface area contributed by atoms with E-state index in [0.29, 0.717) is 0 Å². The number of benzene rings is 1. The van der Waals surface area contributed by atoms with Gasteiger partial charge in [-0.3, -0.25) is 4.79 Å². The van der Waals surface area contributed by atoms with Crippen molar-refractivity contribution in [2.24, 2.45) is 0 Å². The summed E-state index contributed by atoms with van der Waals surface area (Å²) in [6.07, 6.45) is 3.51.